The molecule has 2 unspecified atom stereocenters. The quantitative estimate of drug-likeness (QED) is 0.677. The summed E-state index contributed by atoms with van der Waals surface area (Å²) in [6.45, 7) is 1.95. The first-order chi connectivity index (χ1) is 7.59. The summed E-state index contributed by atoms with van der Waals surface area (Å²) >= 11 is 0. The summed E-state index contributed by atoms with van der Waals surface area (Å²) in [6, 6.07) is -0.0590. The Balaban J connectivity index is 2.12. The largest absolute Gasteiger partial charge is 0.326 e. The van der Waals surface area contributed by atoms with E-state index >= 15 is 0 Å². The first kappa shape index (κ1) is 11.6. The molecule has 2 N–H and O–H groups in total. The number of carbonyl (C=O) groups excluding carboxylic acids is 2. The molecule has 2 fully saturated rings. The Labute approximate surface area is 96.2 Å². The van der Waals surface area contributed by atoms with Crippen molar-refractivity contribution in [3.63, 3.8) is 0 Å². The Bertz CT molecular complexity index is 285. The van der Waals surface area contributed by atoms with E-state index in [1.807, 2.05) is 6.92 Å². The van der Waals surface area contributed by atoms with Gasteiger partial charge in [0.15, 0.2) is 0 Å². The van der Waals surface area contributed by atoms with E-state index in [1.165, 1.54) is 4.90 Å². The monoisotopic (exact) mass is 224 g/mol. The number of nitrogens with zero attached hydrogens (tertiary/aromatic N) is 1. The van der Waals surface area contributed by atoms with Crippen LogP contribution in [0.5, 0.6) is 0 Å². The molecular formula is C12H20N2O2. The first-order valence-corrected chi connectivity index (χ1v) is 6.20. The van der Waals surface area contributed by atoms with E-state index in [0.717, 1.165) is 25.7 Å². The minimum atomic E-state index is -0.0405. The normalized spacial score (nSPS) is 33.2. The van der Waals surface area contributed by atoms with E-state index < -0.39 is 0 Å². The van der Waals surface area contributed by atoms with Gasteiger partial charge in [-0.05, 0) is 18.8 Å². The van der Waals surface area contributed by atoms with Crippen molar-refractivity contribution in [3.05, 3.63) is 0 Å². The maximum atomic E-state index is 11.9. The number of imide groups is 1. The maximum absolute atomic E-state index is 11.9. The van der Waals surface area contributed by atoms with Crippen LogP contribution in [0, 0.1) is 5.92 Å². The number of hydrogen-bond donors (Lipinski definition) is 1. The van der Waals surface area contributed by atoms with Crippen LogP contribution in [0.1, 0.15) is 45.4 Å². The number of carbonyl (C=O) groups is 2. The van der Waals surface area contributed by atoms with Crippen LogP contribution in [-0.4, -0.2) is 28.8 Å². The highest BCUT2D eigenvalue weighted by atomic mass is 16.2. The summed E-state index contributed by atoms with van der Waals surface area (Å²) in [5.74, 6) is 0.147. The maximum Gasteiger partial charge on any atom is 0.229 e. The standard InChI is InChI=1S/C12H20N2O2/c1-8-6-11(15)14(12(16)7-8)10-5-3-2-4-9(10)13/h8-10H,2-7,13H2,1H3. The molecule has 2 rings (SSSR count). The van der Waals surface area contributed by atoms with Crippen molar-refractivity contribution >= 4 is 11.8 Å². The molecule has 4 heteroatoms. The molecule has 0 aromatic heterocycles. The number of nitrogens with two attached hydrogens (primary N) is 1. The molecule has 1 aliphatic carbocycles. The number of rotatable bonds is 1. The second kappa shape index (κ2) is 4.53. The zero-order chi connectivity index (χ0) is 11.7. The van der Waals surface area contributed by atoms with E-state index in [1.54, 1.807) is 0 Å². The topological polar surface area (TPSA) is 63.4 Å². The molecule has 2 aliphatic rings. The number of piperidine rings is 1. The molecule has 16 heavy (non-hydrogen) atoms. The fourth-order valence-electron chi connectivity index (χ4n) is 2.83. The van der Waals surface area contributed by atoms with E-state index in [2.05, 4.69) is 0 Å². The first-order valence-electron chi connectivity index (χ1n) is 6.20. The average Bonchev–Trinajstić information content (AvgIpc) is 2.19. The van der Waals surface area contributed by atoms with Crippen LogP contribution in [0.15, 0.2) is 0 Å². The lowest BCUT2D eigenvalue weighted by Gasteiger charge is -2.40. The van der Waals surface area contributed by atoms with E-state index in [-0.39, 0.29) is 29.8 Å². The third kappa shape index (κ3) is 2.12. The molecule has 4 nitrogen and oxygen atoms in total. The molecule has 1 heterocycles. The Kier molecular flexibility index (Phi) is 3.28. The zero-order valence-corrected chi connectivity index (χ0v) is 9.82. The average molecular weight is 224 g/mol. The van der Waals surface area contributed by atoms with Crippen LogP contribution in [0.3, 0.4) is 0 Å². The van der Waals surface area contributed by atoms with Crippen LogP contribution in [0.2, 0.25) is 0 Å². The highest BCUT2D eigenvalue weighted by molar-refractivity contribution is 5.98. The molecule has 0 bridgehead atoms. The molecule has 2 amide bonds. The van der Waals surface area contributed by atoms with Gasteiger partial charge >= 0.3 is 0 Å². The van der Waals surface area contributed by atoms with Gasteiger partial charge in [-0.2, -0.15) is 0 Å². The summed E-state index contributed by atoms with van der Waals surface area (Å²) in [4.78, 5) is 25.3. The van der Waals surface area contributed by atoms with Gasteiger partial charge in [-0.25, -0.2) is 0 Å². The van der Waals surface area contributed by atoms with Gasteiger partial charge in [-0.15, -0.1) is 0 Å². The van der Waals surface area contributed by atoms with Gasteiger partial charge < -0.3 is 5.73 Å². The molecule has 0 spiro atoms. The Morgan fingerprint density at radius 2 is 1.69 bits per heavy atom. The van der Waals surface area contributed by atoms with Gasteiger partial charge in [0.2, 0.25) is 11.8 Å². The number of amides is 2. The van der Waals surface area contributed by atoms with Crippen molar-refractivity contribution in [1.82, 2.24) is 4.90 Å². The lowest BCUT2D eigenvalue weighted by atomic mass is 9.87. The van der Waals surface area contributed by atoms with Crippen molar-refractivity contribution in [3.8, 4) is 0 Å². The van der Waals surface area contributed by atoms with Gasteiger partial charge in [-0.3, -0.25) is 14.5 Å². The Morgan fingerprint density at radius 1 is 1.12 bits per heavy atom. The lowest BCUT2D eigenvalue weighted by molar-refractivity contribution is -0.153. The second-order valence-corrected chi connectivity index (χ2v) is 5.19. The molecule has 0 radical (unpaired) electrons. The fraction of sp³-hybridized carbons (Fsp3) is 0.833. The van der Waals surface area contributed by atoms with Gasteiger partial charge in [-0.1, -0.05) is 19.8 Å². The molecule has 1 saturated carbocycles. The molecule has 0 aromatic rings. The van der Waals surface area contributed by atoms with Crippen LogP contribution in [-0.2, 0) is 9.59 Å². The number of hydrogen-bond acceptors (Lipinski definition) is 3. The molecular weight excluding hydrogens is 204 g/mol. The second-order valence-electron chi connectivity index (χ2n) is 5.19. The minimum absolute atomic E-state index is 0.0185. The van der Waals surface area contributed by atoms with Crippen molar-refractivity contribution in [2.45, 2.75) is 57.5 Å². The van der Waals surface area contributed by atoms with Crippen molar-refractivity contribution in [1.29, 1.82) is 0 Å². The van der Waals surface area contributed by atoms with E-state index in [0.29, 0.717) is 12.8 Å². The third-order valence-corrected chi connectivity index (χ3v) is 3.70. The summed E-state index contributed by atoms with van der Waals surface area (Å²) < 4.78 is 0. The molecule has 1 saturated heterocycles. The zero-order valence-electron chi connectivity index (χ0n) is 9.82. The van der Waals surface area contributed by atoms with Crippen molar-refractivity contribution in [2.24, 2.45) is 11.7 Å². The predicted molar refractivity (Wildman–Crippen MR) is 60.5 cm³/mol. The summed E-state index contributed by atoms with van der Waals surface area (Å²) in [7, 11) is 0. The lowest BCUT2D eigenvalue weighted by Crippen LogP contribution is -2.56. The summed E-state index contributed by atoms with van der Waals surface area (Å²) in [5, 5.41) is 0. The van der Waals surface area contributed by atoms with Gasteiger partial charge in [0.25, 0.3) is 0 Å². The third-order valence-electron chi connectivity index (χ3n) is 3.70. The highest BCUT2D eigenvalue weighted by Crippen LogP contribution is 2.27. The predicted octanol–water partition coefficient (Wildman–Crippen LogP) is 1.04. The van der Waals surface area contributed by atoms with Gasteiger partial charge in [0.05, 0.1) is 6.04 Å². The smallest absolute Gasteiger partial charge is 0.229 e. The summed E-state index contributed by atoms with van der Waals surface area (Å²) in [5.41, 5.74) is 6.02. The Hall–Kier alpha value is -0.900. The molecule has 1 aliphatic heterocycles. The van der Waals surface area contributed by atoms with Crippen LogP contribution < -0.4 is 5.73 Å². The summed E-state index contributed by atoms with van der Waals surface area (Å²) in [6.07, 6.45) is 4.99. The van der Waals surface area contributed by atoms with Crippen LogP contribution in [0.25, 0.3) is 0 Å². The Morgan fingerprint density at radius 3 is 2.25 bits per heavy atom. The molecule has 2 atom stereocenters. The number of likely N-dealkylation sites (tertiary alicyclic amines) is 1. The minimum Gasteiger partial charge on any atom is -0.326 e. The van der Waals surface area contributed by atoms with Crippen molar-refractivity contribution < 1.29 is 9.59 Å². The van der Waals surface area contributed by atoms with E-state index in [4.69, 9.17) is 5.73 Å². The van der Waals surface area contributed by atoms with Crippen LogP contribution in [0.4, 0.5) is 0 Å². The highest BCUT2D eigenvalue weighted by Gasteiger charge is 2.38. The van der Waals surface area contributed by atoms with E-state index in [9.17, 15) is 9.59 Å². The van der Waals surface area contributed by atoms with Gasteiger partial charge in [0, 0.05) is 18.9 Å². The molecule has 90 valence electrons. The van der Waals surface area contributed by atoms with Crippen LogP contribution >= 0.6 is 0 Å². The SMILES string of the molecule is CC1CC(=O)N(C2CCCCC2N)C(=O)C1. The van der Waals surface area contributed by atoms with Crippen molar-refractivity contribution in [2.75, 3.05) is 0 Å². The fourth-order valence-corrected chi connectivity index (χ4v) is 2.83. The molecule has 0 aromatic carbocycles. The van der Waals surface area contributed by atoms with Gasteiger partial charge in [0.1, 0.15) is 0 Å².